The Labute approximate surface area is 199 Å². The molecule has 1 atom stereocenters. The first-order valence-electron chi connectivity index (χ1n) is 10.4. The fourth-order valence-corrected chi connectivity index (χ4v) is 5.81. The zero-order chi connectivity index (χ0) is 23.6. The van der Waals surface area contributed by atoms with Crippen molar-refractivity contribution in [3.05, 3.63) is 100 Å². The second kappa shape index (κ2) is 9.58. The predicted molar refractivity (Wildman–Crippen MR) is 124 cm³/mol. The molecule has 1 fully saturated rings. The average Bonchev–Trinajstić information content (AvgIpc) is 2.81. The molecule has 33 heavy (non-hydrogen) atoms. The molecule has 0 aromatic heterocycles. The molecular weight excluding hydrogens is 517 g/mol. The van der Waals surface area contributed by atoms with E-state index in [1.807, 2.05) is 54.6 Å². The summed E-state index contributed by atoms with van der Waals surface area (Å²) in [4.78, 5) is 1.87. The quantitative estimate of drug-likeness (QED) is 0.426. The maximum atomic E-state index is 13.1. The van der Waals surface area contributed by atoms with Gasteiger partial charge in [-0.2, -0.15) is 17.5 Å². The van der Waals surface area contributed by atoms with E-state index >= 15 is 0 Å². The third kappa shape index (κ3) is 5.32. The summed E-state index contributed by atoms with van der Waals surface area (Å²) in [6, 6.07) is 21.8. The van der Waals surface area contributed by atoms with E-state index in [2.05, 4.69) is 20.8 Å². The smallest absolute Gasteiger partial charge is 0.290 e. The molecule has 0 N–H and O–H groups in total. The summed E-state index contributed by atoms with van der Waals surface area (Å²) in [5.41, 5.74) is 1.20. The van der Waals surface area contributed by atoms with Crippen LogP contribution in [0.15, 0.2) is 88.2 Å². The highest BCUT2D eigenvalue weighted by Crippen LogP contribution is 2.33. The Balaban J connectivity index is 1.56. The van der Waals surface area contributed by atoms with Crippen LogP contribution in [-0.4, -0.2) is 43.8 Å². The van der Waals surface area contributed by atoms with Crippen LogP contribution in [0.1, 0.15) is 22.7 Å². The maximum Gasteiger partial charge on any atom is 0.416 e. The van der Waals surface area contributed by atoms with E-state index in [-0.39, 0.29) is 24.0 Å². The molecule has 1 aliphatic rings. The van der Waals surface area contributed by atoms with Crippen molar-refractivity contribution in [1.82, 2.24) is 9.21 Å². The normalized spacial score (nSPS) is 17.1. The Hall–Kier alpha value is -2.20. The number of rotatable bonds is 5. The van der Waals surface area contributed by atoms with E-state index in [1.54, 1.807) is 0 Å². The van der Waals surface area contributed by atoms with Gasteiger partial charge in [-0.1, -0.05) is 64.5 Å². The monoisotopic (exact) mass is 538 g/mol. The van der Waals surface area contributed by atoms with Gasteiger partial charge in [0.05, 0.1) is 16.5 Å². The summed E-state index contributed by atoms with van der Waals surface area (Å²) >= 11 is 3.46. The first-order chi connectivity index (χ1) is 15.7. The number of piperazine rings is 1. The molecule has 4 rings (SSSR count). The van der Waals surface area contributed by atoms with Crippen molar-refractivity contribution in [3.63, 3.8) is 0 Å². The molecule has 4 nitrogen and oxygen atoms in total. The maximum absolute atomic E-state index is 13.1. The minimum atomic E-state index is -4.60. The van der Waals surface area contributed by atoms with Crippen LogP contribution in [0.5, 0.6) is 0 Å². The molecule has 3 aromatic carbocycles. The number of hydrogen-bond acceptors (Lipinski definition) is 3. The van der Waals surface area contributed by atoms with Crippen LogP contribution in [0.2, 0.25) is 0 Å². The topological polar surface area (TPSA) is 40.6 Å². The van der Waals surface area contributed by atoms with Crippen molar-refractivity contribution in [2.75, 3.05) is 26.2 Å². The van der Waals surface area contributed by atoms with Crippen molar-refractivity contribution in [2.45, 2.75) is 17.1 Å². The second-order valence-electron chi connectivity index (χ2n) is 7.83. The van der Waals surface area contributed by atoms with Gasteiger partial charge in [-0.25, -0.2) is 8.42 Å². The molecule has 0 bridgehead atoms. The van der Waals surface area contributed by atoms with Crippen molar-refractivity contribution in [2.24, 2.45) is 0 Å². The van der Waals surface area contributed by atoms with Gasteiger partial charge in [0.25, 0.3) is 0 Å². The van der Waals surface area contributed by atoms with Crippen LogP contribution < -0.4 is 0 Å². The zero-order valence-corrected chi connectivity index (χ0v) is 19.9. The zero-order valence-electron chi connectivity index (χ0n) is 17.5. The first-order valence-corrected chi connectivity index (χ1v) is 12.6. The lowest BCUT2D eigenvalue weighted by atomic mass is 9.96. The van der Waals surface area contributed by atoms with Gasteiger partial charge in [-0.3, -0.25) is 4.90 Å². The van der Waals surface area contributed by atoms with Gasteiger partial charge in [-0.05, 0) is 41.5 Å². The van der Waals surface area contributed by atoms with Gasteiger partial charge in [-0.15, -0.1) is 0 Å². The van der Waals surface area contributed by atoms with Crippen molar-refractivity contribution in [1.29, 1.82) is 0 Å². The molecular formula is C24H22BrF3N2O2S. The molecule has 0 spiro atoms. The third-order valence-corrected chi connectivity index (χ3v) is 8.16. The minimum absolute atomic E-state index is 0.0577. The first kappa shape index (κ1) is 23.9. The Kier molecular flexibility index (Phi) is 6.95. The summed E-state index contributed by atoms with van der Waals surface area (Å²) in [6.07, 6.45) is -4.60. The van der Waals surface area contributed by atoms with Crippen LogP contribution in [-0.2, 0) is 16.2 Å². The van der Waals surface area contributed by atoms with Crippen LogP contribution in [0, 0.1) is 0 Å². The number of hydrogen-bond donors (Lipinski definition) is 0. The van der Waals surface area contributed by atoms with Gasteiger partial charge in [0, 0.05) is 30.7 Å². The van der Waals surface area contributed by atoms with E-state index in [0.29, 0.717) is 19.2 Å². The van der Waals surface area contributed by atoms with E-state index in [1.165, 1.54) is 10.4 Å². The summed E-state index contributed by atoms with van der Waals surface area (Å²) in [7, 11) is -4.03. The van der Waals surface area contributed by atoms with Crippen LogP contribution in [0.25, 0.3) is 0 Å². The van der Waals surface area contributed by atoms with Gasteiger partial charge >= 0.3 is 6.18 Å². The lowest BCUT2D eigenvalue weighted by Crippen LogP contribution is -2.49. The number of halogens is 4. The number of benzene rings is 3. The molecule has 0 radical (unpaired) electrons. The molecule has 3 aromatic rings. The average molecular weight is 539 g/mol. The molecule has 1 saturated heterocycles. The highest BCUT2D eigenvalue weighted by atomic mass is 79.9. The number of alkyl halides is 3. The van der Waals surface area contributed by atoms with Gasteiger partial charge < -0.3 is 0 Å². The molecule has 1 aliphatic heterocycles. The highest BCUT2D eigenvalue weighted by molar-refractivity contribution is 9.10. The second-order valence-corrected chi connectivity index (χ2v) is 10.7. The molecule has 174 valence electrons. The van der Waals surface area contributed by atoms with E-state index in [4.69, 9.17) is 0 Å². The van der Waals surface area contributed by atoms with Crippen LogP contribution in [0.4, 0.5) is 13.2 Å². The number of sulfonamides is 1. The summed E-state index contributed by atoms with van der Waals surface area (Å²) < 4.78 is 67.5. The molecule has 0 aliphatic carbocycles. The van der Waals surface area contributed by atoms with Crippen LogP contribution in [0.3, 0.4) is 0 Å². The fourth-order valence-electron chi connectivity index (χ4n) is 4.08. The standard InChI is InChI=1S/C24H22BrF3N2O2S/c25-21-11-9-19(10-12-21)23(18-5-2-1-3-6-18)29-13-15-30(16-14-29)33(31,32)22-8-4-7-20(17-22)24(26,27)28/h1-12,17,23H,13-16H2/t23-/m0/s1. The van der Waals surface area contributed by atoms with Crippen molar-refractivity contribution in [3.8, 4) is 0 Å². The highest BCUT2D eigenvalue weighted by Gasteiger charge is 2.35. The molecule has 9 heteroatoms. The molecule has 0 amide bonds. The van der Waals surface area contributed by atoms with E-state index in [9.17, 15) is 21.6 Å². The largest absolute Gasteiger partial charge is 0.416 e. The summed E-state index contributed by atoms with van der Waals surface area (Å²) in [5.74, 6) is 0. The number of nitrogens with zero attached hydrogens (tertiary/aromatic N) is 2. The fraction of sp³-hybridized carbons (Fsp3) is 0.250. The predicted octanol–water partition coefficient (Wildman–Crippen LogP) is 5.56. The summed E-state index contributed by atoms with van der Waals surface area (Å²) in [6.45, 7) is 1.29. The van der Waals surface area contributed by atoms with Crippen molar-refractivity contribution >= 4 is 26.0 Å². The van der Waals surface area contributed by atoms with Gasteiger partial charge in [0.15, 0.2) is 0 Å². The van der Waals surface area contributed by atoms with Crippen molar-refractivity contribution < 1.29 is 21.6 Å². The van der Waals surface area contributed by atoms with Gasteiger partial charge in [0.2, 0.25) is 10.0 Å². The van der Waals surface area contributed by atoms with E-state index < -0.39 is 21.8 Å². The molecule has 0 saturated carbocycles. The van der Waals surface area contributed by atoms with Gasteiger partial charge in [0.1, 0.15) is 0 Å². The summed E-state index contributed by atoms with van der Waals surface area (Å²) in [5, 5.41) is 0. The third-order valence-electron chi connectivity index (χ3n) is 5.74. The lowest BCUT2D eigenvalue weighted by molar-refractivity contribution is -0.137. The minimum Gasteiger partial charge on any atom is -0.290 e. The SMILES string of the molecule is O=S(=O)(c1cccc(C(F)(F)F)c1)N1CCN([C@@H](c2ccccc2)c2ccc(Br)cc2)CC1. The molecule has 1 heterocycles. The lowest BCUT2D eigenvalue weighted by Gasteiger charge is -2.39. The van der Waals surface area contributed by atoms with Crippen LogP contribution >= 0.6 is 15.9 Å². The van der Waals surface area contributed by atoms with E-state index in [0.717, 1.165) is 27.7 Å². The Bertz CT molecular complexity index is 1190. The Morgan fingerprint density at radius 3 is 2.00 bits per heavy atom. The Morgan fingerprint density at radius 1 is 0.788 bits per heavy atom. The molecule has 0 unspecified atom stereocenters. The Morgan fingerprint density at radius 2 is 1.39 bits per heavy atom.